The summed E-state index contributed by atoms with van der Waals surface area (Å²) in [5.41, 5.74) is 0. The van der Waals surface area contributed by atoms with Gasteiger partial charge >= 0.3 is 57.6 Å². The fourth-order valence-corrected chi connectivity index (χ4v) is 1.04. The molecule has 0 spiro atoms. The SMILES string of the molecule is Oc1cccc[c]1[Zn]. The van der Waals surface area contributed by atoms with Crippen molar-refractivity contribution in [2.45, 2.75) is 0 Å². The van der Waals surface area contributed by atoms with Gasteiger partial charge in [-0.3, -0.25) is 0 Å². The Labute approximate surface area is 58.0 Å². The van der Waals surface area contributed by atoms with Gasteiger partial charge in [-0.15, -0.1) is 0 Å². The summed E-state index contributed by atoms with van der Waals surface area (Å²) in [6.45, 7) is 0. The van der Waals surface area contributed by atoms with Crippen LogP contribution in [0.2, 0.25) is 0 Å². The molecule has 1 N–H and O–H groups in total. The second-order valence-corrected chi connectivity index (χ2v) is 3.23. The molecule has 0 saturated heterocycles. The molecule has 8 heavy (non-hydrogen) atoms. The molecule has 0 amide bonds. The molecule has 0 aliphatic rings. The molecule has 37 valence electrons. The first-order valence-corrected chi connectivity index (χ1v) is 3.89. The fraction of sp³-hybridized carbons (Fsp3) is 0. The first kappa shape index (κ1) is 5.77. The topological polar surface area (TPSA) is 20.2 Å². The molecule has 2 heteroatoms. The van der Waals surface area contributed by atoms with Crippen molar-refractivity contribution in [2.24, 2.45) is 0 Å². The average molecular weight is 158 g/mol. The van der Waals surface area contributed by atoms with Gasteiger partial charge in [-0.1, -0.05) is 0 Å². The summed E-state index contributed by atoms with van der Waals surface area (Å²) < 4.78 is 1.05. The van der Waals surface area contributed by atoms with Gasteiger partial charge in [0.05, 0.1) is 0 Å². The van der Waals surface area contributed by atoms with Gasteiger partial charge in [0.2, 0.25) is 0 Å². The summed E-state index contributed by atoms with van der Waals surface area (Å²) >= 11 is 1.02. The van der Waals surface area contributed by atoms with Gasteiger partial charge in [-0.2, -0.15) is 0 Å². The number of phenolic OH excluding ortho intramolecular Hbond substituents is 1. The Morgan fingerprint density at radius 2 is 1.88 bits per heavy atom. The third kappa shape index (κ3) is 1.07. The van der Waals surface area contributed by atoms with Crippen molar-refractivity contribution >= 4 is 4.16 Å². The van der Waals surface area contributed by atoms with E-state index in [0.29, 0.717) is 5.75 Å². The van der Waals surface area contributed by atoms with Gasteiger partial charge in [-0.05, 0) is 0 Å². The number of para-hydroxylation sites is 1. The fourth-order valence-electron chi connectivity index (χ4n) is 0.511. The normalized spacial score (nSPS) is 9.25. The third-order valence-corrected chi connectivity index (χ3v) is 2.25. The van der Waals surface area contributed by atoms with Crippen molar-refractivity contribution in [1.82, 2.24) is 0 Å². The molecule has 0 saturated carbocycles. The molecule has 0 aliphatic carbocycles. The number of aromatic hydroxyl groups is 1. The van der Waals surface area contributed by atoms with Crippen molar-refractivity contribution in [2.75, 3.05) is 0 Å². The molecule has 1 aromatic rings. The molecule has 0 aliphatic heterocycles. The molecule has 0 atom stereocenters. The minimum atomic E-state index is 0.424. The summed E-state index contributed by atoms with van der Waals surface area (Å²) in [7, 11) is 0. The summed E-state index contributed by atoms with van der Waals surface area (Å²) in [6.07, 6.45) is 0. The van der Waals surface area contributed by atoms with Gasteiger partial charge < -0.3 is 0 Å². The van der Waals surface area contributed by atoms with E-state index < -0.39 is 0 Å². The van der Waals surface area contributed by atoms with Gasteiger partial charge in [0.25, 0.3) is 0 Å². The van der Waals surface area contributed by atoms with E-state index >= 15 is 0 Å². The van der Waals surface area contributed by atoms with Crippen LogP contribution in [-0.4, -0.2) is 5.11 Å². The van der Waals surface area contributed by atoms with E-state index in [1.54, 1.807) is 6.07 Å². The zero-order valence-corrected chi connectivity index (χ0v) is 7.43. The van der Waals surface area contributed by atoms with Gasteiger partial charge in [0.15, 0.2) is 0 Å². The standard InChI is InChI=1S/C6H5O.Zn/c7-6-4-2-1-3-5-6;/h1-4,7H;. The number of benzene rings is 1. The molecule has 0 bridgehead atoms. The van der Waals surface area contributed by atoms with Crippen molar-refractivity contribution < 1.29 is 23.4 Å². The van der Waals surface area contributed by atoms with Crippen LogP contribution in [0.4, 0.5) is 0 Å². The van der Waals surface area contributed by atoms with Crippen LogP contribution in [-0.2, 0) is 18.3 Å². The van der Waals surface area contributed by atoms with Crippen LogP contribution in [0.5, 0.6) is 5.75 Å². The first-order chi connectivity index (χ1) is 3.80. The first-order valence-electron chi connectivity index (χ1n) is 2.40. The maximum atomic E-state index is 8.95. The Bertz CT molecular complexity index is 165. The molecule has 0 aromatic heterocycles. The molecule has 0 radical (unpaired) electrons. The van der Waals surface area contributed by atoms with E-state index in [0.717, 1.165) is 22.5 Å². The van der Waals surface area contributed by atoms with Crippen LogP contribution >= 0.6 is 0 Å². The zero-order chi connectivity index (χ0) is 5.98. The average Bonchev–Trinajstić information content (AvgIpc) is 1.77. The minimum absolute atomic E-state index is 0.424. The number of phenols is 1. The molecule has 0 fully saturated rings. The van der Waals surface area contributed by atoms with Gasteiger partial charge in [0, 0.05) is 0 Å². The summed E-state index contributed by atoms with van der Waals surface area (Å²) in [4.78, 5) is 0. The van der Waals surface area contributed by atoms with Crippen LogP contribution in [0.15, 0.2) is 24.3 Å². The van der Waals surface area contributed by atoms with E-state index in [2.05, 4.69) is 0 Å². The zero-order valence-electron chi connectivity index (χ0n) is 4.46. The Morgan fingerprint density at radius 3 is 2.25 bits per heavy atom. The van der Waals surface area contributed by atoms with E-state index in [1.807, 2.05) is 18.2 Å². The second-order valence-electron chi connectivity index (χ2n) is 1.63. The van der Waals surface area contributed by atoms with Crippen molar-refractivity contribution in [3.63, 3.8) is 0 Å². The molecule has 0 unspecified atom stereocenters. The molecule has 1 aromatic carbocycles. The number of hydrogen-bond acceptors (Lipinski definition) is 1. The number of rotatable bonds is 0. The summed E-state index contributed by atoms with van der Waals surface area (Å²) in [5, 5.41) is 8.95. The molecule has 0 heterocycles. The van der Waals surface area contributed by atoms with Crippen LogP contribution in [0, 0.1) is 0 Å². The Hall–Kier alpha value is -0.357. The quantitative estimate of drug-likeness (QED) is 0.547. The predicted octanol–water partition coefficient (Wildman–Crippen LogP) is 0.564. The Balaban J connectivity index is 3.13. The molecule has 1 nitrogen and oxygen atoms in total. The van der Waals surface area contributed by atoms with Crippen molar-refractivity contribution in [1.29, 1.82) is 0 Å². The Kier molecular flexibility index (Phi) is 1.64. The van der Waals surface area contributed by atoms with E-state index in [9.17, 15) is 0 Å². The van der Waals surface area contributed by atoms with E-state index in [4.69, 9.17) is 5.11 Å². The monoisotopic (exact) mass is 157 g/mol. The van der Waals surface area contributed by atoms with Gasteiger partial charge in [0.1, 0.15) is 0 Å². The van der Waals surface area contributed by atoms with E-state index in [-0.39, 0.29) is 0 Å². The maximum absolute atomic E-state index is 8.95. The van der Waals surface area contributed by atoms with E-state index in [1.165, 1.54) is 0 Å². The third-order valence-electron chi connectivity index (χ3n) is 0.992. The van der Waals surface area contributed by atoms with Crippen LogP contribution in [0.25, 0.3) is 0 Å². The summed E-state index contributed by atoms with van der Waals surface area (Å²) in [5.74, 6) is 0.424. The van der Waals surface area contributed by atoms with Crippen molar-refractivity contribution in [3.8, 4) is 5.75 Å². The number of hydrogen-bond donors (Lipinski definition) is 1. The molecule has 1 rings (SSSR count). The van der Waals surface area contributed by atoms with Crippen molar-refractivity contribution in [3.05, 3.63) is 24.3 Å². The van der Waals surface area contributed by atoms with Crippen LogP contribution in [0.3, 0.4) is 0 Å². The Morgan fingerprint density at radius 1 is 1.25 bits per heavy atom. The predicted molar refractivity (Wildman–Crippen MR) is 27.7 cm³/mol. The molecular formula is C6H5OZn. The van der Waals surface area contributed by atoms with Gasteiger partial charge in [-0.25, -0.2) is 0 Å². The second kappa shape index (κ2) is 2.28. The van der Waals surface area contributed by atoms with Crippen LogP contribution in [0.1, 0.15) is 0 Å². The molecular weight excluding hydrogens is 153 g/mol. The summed E-state index contributed by atoms with van der Waals surface area (Å²) in [6, 6.07) is 7.39. The van der Waals surface area contributed by atoms with Crippen LogP contribution < -0.4 is 4.16 Å².